The van der Waals surface area contributed by atoms with E-state index in [-0.39, 0.29) is 10.6 Å². The van der Waals surface area contributed by atoms with Crippen molar-refractivity contribution in [1.82, 2.24) is 0 Å². The molecule has 0 fully saturated rings. The summed E-state index contributed by atoms with van der Waals surface area (Å²) in [5.41, 5.74) is 4.48. The first kappa shape index (κ1) is 17.7. The first-order chi connectivity index (χ1) is 12.1. The number of nitro benzene ring substituents is 1. The zero-order valence-electron chi connectivity index (χ0n) is 14.5. The molecule has 0 amide bonds. The molecule has 0 saturated carbocycles. The minimum atomic E-state index is -0.340. The molecule has 1 aliphatic rings. The zero-order valence-corrected chi connectivity index (χ0v) is 16.2. The second kappa shape index (κ2) is 7.85. The van der Waals surface area contributed by atoms with E-state index >= 15 is 0 Å². The Morgan fingerprint density at radius 2 is 2.08 bits per heavy atom. The number of fused-ring (bicyclic) bond motifs is 1. The van der Waals surface area contributed by atoms with E-state index in [2.05, 4.69) is 26.0 Å². The molecule has 0 aliphatic carbocycles. The van der Waals surface area contributed by atoms with E-state index in [4.69, 9.17) is 4.74 Å². The number of rotatable bonds is 6. The van der Waals surface area contributed by atoms with Crippen LogP contribution in [0.15, 0.2) is 42.5 Å². The van der Waals surface area contributed by atoms with Crippen molar-refractivity contribution in [1.29, 1.82) is 0 Å². The first-order valence-electron chi connectivity index (χ1n) is 8.44. The molecule has 0 radical (unpaired) electrons. The van der Waals surface area contributed by atoms with Crippen LogP contribution in [0.3, 0.4) is 0 Å². The van der Waals surface area contributed by atoms with Crippen LogP contribution in [0.5, 0.6) is 5.75 Å². The van der Waals surface area contributed by atoms with Crippen LogP contribution >= 0.6 is 0 Å². The summed E-state index contributed by atoms with van der Waals surface area (Å²) in [4.78, 5) is 10.8. The van der Waals surface area contributed by atoms with Crippen molar-refractivity contribution in [2.75, 3.05) is 6.61 Å². The molecule has 5 heteroatoms. The molecule has 0 N–H and O–H groups in total. The first-order valence-corrected chi connectivity index (χ1v) is 10.5. The van der Waals surface area contributed by atoms with Gasteiger partial charge in [-0.2, -0.15) is 0 Å². The van der Waals surface area contributed by atoms with Crippen LogP contribution in [0.2, 0.25) is 5.32 Å². The second-order valence-corrected chi connectivity index (χ2v) is 8.42. The summed E-state index contributed by atoms with van der Waals surface area (Å²) in [5, 5.41) is 12.3. The maximum absolute atomic E-state index is 11.1. The van der Waals surface area contributed by atoms with E-state index in [0.29, 0.717) is 21.6 Å². The van der Waals surface area contributed by atoms with Crippen molar-refractivity contribution in [3.05, 3.63) is 69.3 Å². The maximum atomic E-state index is 11.1. The van der Waals surface area contributed by atoms with Gasteiger partial charge in [0.1, 0.15) is 0 Å². The van der Waals surface area contributed by atoms with Gasteiger partial charge in [0.25, 0.3) is 0 Å². The molecule has 0 unspecified atom stereocenters. The molecule has 25 heavy (non-hydrogen) atoms. The van der Waals surface area contributed by atoms with Gasteiger partial charge in [-0.05, 0) is 0 Å². The fourth-order valence-electron chi connectivity index (χ4n) is 2.83. The van der Waals surface area contributed by atoms with Crippen molar-refractivity contribution in [2.45, 2.75) is 32.0 Å². The number of benzene rings is 2. The Hall–Kier alpha value is -2.10. The third-order valence-corrected chi connectivity index (χ3v) is 6.79. The summed E-state index contributed by atoms with van der Waals surface area (Å²) in [6, 6.07) is 13.2. The number of unbranched alkanes of at least 4 members (excludes halogenated alkanes) is 1. The topological polar surface area (TPSA) is 52.4 Å². The monoisotopic (exact) mass is 403 g/mol. The van der Waals surface area contributed by atoms with Crippen molar-refractivity contribution < 1.29 is 9.66 Å². The van der Waals surface area contributed by atoms with Crippen LogP contribution < -0.4 is 4.74 Å². The van der Waals surface area contributed by atoms with E-state index in [1.54, 1.807) is 12.1 Å². The Labute approximate surface area is 154 Å². The molecule has 0 aromatic heterocycles. The summed E-state index contributed by atoms with van der Waals surface area (Å²) >= 11 is 0.322. The van der Waals surface area contributed by atoms with Crippen molar-refractivity contribution in [3.8, 4) is 5.75 Å². The Kier molecular flexibility index (Phi) is 5.56. The molecule has 2 aromatic carbocycles. The Balaban J connectivity index is 2.10. The van der Waals surface area contributed by atoms with Crippen molar-refractivity contribution >= 4 is 30.7 Å². The zero-order chi connectivity index (χ0) is 17.8. The Morgan fingerprint density at radius 3 is 2.84 bits per heavy atom. The van der Waals surface area contributed by atoms with Gasteiger partial charge in [-0.25, -0.2) is 0 Å². The number of nitrogens with zero attached hydrogens (tertiary/aromatic N) is 1. The number of hydrogen-bond acceptors (Lipinski definition) is 3. The van der Waals surface area contributed by atoms with Crippen LogP contribution in [-0.4, -0.2) is 26.5 Å². The molecule has 130 valence electrons. The Bertz CT molecular complexity index is 829. The van der Waals surface area contributed by atoms with Gasteiger partial charge in [-0.15, -0.1) is 0 Å². The number of aryl methyl sites for hydroxylation is 1. The summed E-state index contributed by atoms with van der Waals surface area (Å²) in [5.74, 6) is 0.924. The number of ether oxygens (including phenoxy) is 1. The van der Waals surface area contributed by atoms with Crippen LogP contribution in [0.25, 0.3) is 10.0 Å². The quantitative estimate of drug-likeness (QED) is 0.293. The summed E-state index contributed by atoms with van der Waals surface area (Å²) in [7, 11) is 0. The fourth-order valence-corrected chi connectivity index (χ4v) is 5.56. The molecule has 1 aliphatic heterocycles. The molecule has 0 spiro atoms. The minimum absolute atomic E-state index is 0.125. The average Bonchev–Trinajstić information content (AvgIpc) is 2.62. The SMILES string of the molecule is CCCC[Se]C1=C(c2cccc([N+](=O)[O-])c2)COc2ccc(C)cc21. The van der Waals surface area contributed by atoms with E-state index < -0.39 is 0 Å². The molecule has 0 bridgehead atoms. The standard InChI is InChI=1S/C20H21NO3Se/c1-3-4-10-25-20-17-11-14(2)8-9-19(17)24-13-18(20)15-6-5-7-16(12-15)21(22)23/h5-9,11-12H,3-4,10,13H2,1-2H3. The Morgan fingerprint density at radius 1 is 1.24 bits per heavy atom. The van der Waals surface area contributed by atoms with Crippen LogP contribution in [0.1, 0.15) is 36.5 Å². The van der Waals surface area contributed by atoms with E-state index in [9.17, 15) is 10.1 Å². The molecule has 0 saturated heterocycles. The van der Waals surface area contributed by atoms with Gasteiger partial charge < -0.3 is 0 Å². The molecule has 3 rings (SSSR count). The van der Waals surface area contributed by atoms with E-state index in [1.165, 1.54) is 34.3 Å². The van der Waals surface area contributed by atoms with Crippen molar-refractivity contribution in [3.63, 3.8) is 0 Å². The molecule has 4 nitrogen and oxygen atoms in total. The van der Waals surface area contributed by atoms with Gasteiger partial charge in [-0.3, -0.25) is 0 Å². The molecule has 1 heterocycles. The van der Waals surface area contributed by atoms with Crippen LogP contribution in [0.4, 0.5) is 5.69 Å². The second-order valence-electron chi connectivity index (χ2n) is 6.11. The van der Waals surface area contributed by atoms with Gasteiger partial charge in [0.2, 0.25) is 0 Å². The summed E-state index contributed by atoms with van der Waals surface area (Å²) < 4.78 is 7.29. The van der Waals surface area contributed by atoms with Gasteiger partial charge in [0, 0.05) is 0 Å². The van der Waals surface area contributed by atoms with Gasteiger partial charge >= 0.3 is 154 Å². The normalized spacial score (nSPS) is 13.4. The predicted octanol–water partition coefficient (Wildman–Crippen LogP) is 5.09. The molecule has 0 atom stereocenters. The van der Waals surface area contributed by atoms with E-state index in [1.807, 2.05) is 12.1 Å². The molecule has 2 aromatic rings. The summed E-state index contributed by atoms with van der Waals surface area (Å²) in [6.45, 7) is 4.76. The van der Waals surface area contributed by atoms with Gasteiger partial charge in [0.15, 0.2) is 0 Å². The molecular weight excluding hydrogens is 381 g/mol. The fraction of sp³-hybridized carbons (Fsp3) is 0.300. The average molecular weight is 402 g/mol. The molecular formula is C20H21NO3Se. The number of nitro groups is 1. The van der Waals surface area contributed by atoms with Crippen LogP contribution in [0, 0.1) is 17.0 Å². The predicted molar refractivity (Wildman–Crippen MR) is 102 cm³/mol. The van der Waals surface area contributed by atoms with Gasteiger partial charge in [-0.1, -0.05) is 0 Å². The van der Waals surface area contributed by atoms with Gasteiger partial charge in [0.05, 0.1) is 0 Å². The third kappa shape index (κ3) is 3.94. The van der Waals surface area contributed by atoms with Crippen molar-refractivity contribution in [2.24, 2.45) is 0 Å². The number of non-ortho nitro benzene ring substituents is 1. The van der Waals surface area contributed by atoms with Crippen LogP contribution in [-0.2, 0) is 0 Å². The van der Waals surface area contributed by atoms with E-state index in [0.717, 1.165) is 22.4 Å². The summed E-state index contributed by atoms with van der Waals surface area (Å²) in [6.07, 6.45) is 2.38. The third-order valence-electron chi connectivity index (χ3n) is 4.18. The number of hydrogen-bond donors (Lipinski definition) is 0.